The van der Waals surface area contributed by atoms with Crippen molar-refractivity contribution in [1.29, 1.82) is 0 Å². The second kappa shape index (κ2) is 6.21. The number of rotatable bonds is 5. The Bertz CT molecular complexity index is 382. The number of nitrogens with zero attached hydrogens (tertiary/aromatic N) is 1. The molecular formula is C11H13Cl2NO2. The number of halogens is 2. The van der Waals surface area contributed by atoms with E-state index >= 15 is 0 Å². The Morgan fingerprint density at radius 2 is 2.12 bits per heavy atom. The molecule has 3 nitrogen and oxygen atoms in total. The summed E-state index contributed by atoms with van der Waals surface area (Å²) < 4.78 is 0. The van der Waals surface area contributed by atoms with Gasteiger partial charge < -0.3 is 5.11 Å². The summed E-state index contributed by atoms with van der Waals surface area (Å²) in [4.78, 5) is 13.5. The maximum Gasteiger partial charge on any atom is 0.178 e. The first-order valence-corrected chi connectivity index (χ1v) is 5.58. The first-order chi connectivity index (χ1) is 7.54. The van der Waals surface area contributed by atoms with Crippen molar-refractivity contribution >= 4 is 29.0 Å². The van der Waals surface area contributed by atoms with Gasteiger partial charge in [0.25, 0.3) is 0 Å². The predicted octanol–water partition coefficient (Wildman–Crippen LogP) is 2.10. The van der Waals surface area contributed by atoms with Crippen LogP contribution in [0.3, 0.4) is 0 Å². The highest BCUT2D eigenvalue weighted by Crippen LogP contribution is 2.21. The summed E-state index contributed by atoms with van der Waals surface area (Å²) in [6.45, 7) is 0.705. The van der Waals surface area contributed by atoms with Crippen LogP contribution in [-0.2, 0) is 0 Å². The van der Waals surface area contributed by atoms with E-state index in [0.717, 1.165) is 0 Å². The van der Waals surface area contributed by atoms with Crippen molar-refractivity contribution in [2.75, 3.05) is 26.7 Å². The van der Waals surface area contributed by atoms with Crippen LogP contribution in [0, 0.1) is 0 Å². The summed E-state index contributed by atoms with van der Waals surface area (Å²) in [5, 5.41) is 9.58. The number of Topliss-reactive ketones (excluding diaryl/α,β-unsaturated/α-hetero) is 1. The zero-order valence-corrected chi connectivity index (χ0v) is 10.4. The molecule has 0 bridgehead atoms. The van der Waals surface area contributed by atoms with E-state index in [0.29, 0.717) is 22.2 Å². The maximum absolute atomic E-state index is 11.8. The van der Waals surface area contributed by atoms with Gasteiger partial charge in [0.15, 0.2) is 5.78 Å². The van der Waals surface area contributed by atoms with Crippen LogP contribution in [0.15, 0.2) is 18.2 Å². The summed E-state index contributed by atoms with van der Waals surface area (Å²) >= 11 is 11.6. The van der Waals surface area contributed by atoms with Gasteiger partial charge >= 0.3 is 0 Å². The second-order valence-electron chi connectivity index (χ2n) is 3.51. The fourth-order valence-corrected chi connectivity index (χ4v) is 1.81. The lowest BCUT2D eigenvalue weighted by Gasteiger charge is -2.14. The van der Waals surface area contributed by atoms with E-state index in [2.05, 4.69) is 0 Å². The Morgan fingerprint density at radius 3 is 2.69 bits per heavy atom. The van der Waals surface area contributed by atoms with Gasteiger partial charge in [0, 0.05) is 17.1 Å². The van der Waals surface area contributed by atoms with Gasteiger partial charge in [-0.3, -0.25) is 9.69 Å². The van der Waals surface area contributed by atoms with Crippen molar-refractivity contribution in [3.8, 4) is 0 Å². The molecule has 1 N–H and O–H groups in total. The van der Waals surface area contributed by atoms with Crippen LogP contribution >= 0.6 is 23.2 Å². The third-order valence-corrected chi connectivity index (χ3v) is 2.67. The molecular weight excluding hydrogens is 249 g/mol. The molecule has 1 aromatic carbocycles. The predicted molar refractivity (Wildman–Crippen MR) is 65.4 cm³/mol. The van der Waals surface area contributed by atoms with Crippen LogP contribution < -0.4 is 0 Å². The molecule has 0 saturated carbocycles. The molecule has 0 radical (unpaired) electrons. The van der Waals surface area contributed by atoms with Crippen molar-refractivity contribution in [1.82, 2.24) is 4.90 Å². The molecule has 0 aliphatic rings. The number of likely N-dealkylation sites (N-methyl/N-ethyl adjacent to an activating group) is 1. The molecule has 0 aliphatic carbocycles. The molecule has 0 aliphatic heterocycles. The zero-order valence-electron chi connectivity index (χ0n) is 8.91. The van der Waals surface area contributed by atoms with Crippen LogP contribution in [0.4, 0.5) is 0 Å². The third kappa shape index (κ3) is 3.76. The minimum absolute atomic E-state index is 0.0259. The van der Waals surface area contributed by atoms with Gasteiger partial charge in [-0.15, -0.1) is 0 Å². The quantitative estimate of drug-likeness (QED) is 0.826. The summed E-state index contributed by atoms with van der Waals surface area (Å²) in [5.41, 5.74) is 0.454. The molecule has 0 atom stereocenters. The summed E-state index contributed by atoms with van der Waals surface area (Å²) in [7, 11) is 1.76. The molecule has 0 aromatic heterocycles. The van der Waals surface area contributed by atoms with E-state index in [1.165, 1.54) is 0 Å². The van der Waals surface area contributed by atoms with Crippen LogP contribution in [0.25, 0.3) is 0 Å². The molecule has 5 heteroatoms. The van der Waals surface area contributed by atoms with Gasteiger partial charge in [0.2, 0.25) is 0 Å². The van der Waals surface area contributed by atoms with Crippen LogP contribution in [-0.4, -0.2) is 42.5 Å². The Labute approximate surface area is 105 Å². The third-order valence-electron chi connectivity index (χ3n) is 2.13. The number of ketones is 1. The molecule has 88 valence electrons. The Morgan fingerprint density at radius 1 is 1.44 bits per heavy atom. The first kappa shape index (κ1) is 13.5. The summed E-state index contributed by atoms with van der Waals surface area (Å²) in [6.07, 6.45) is 0. The highest BCUT2D eigenvalue weighted by molar-refractivity contribution is 6.36. The van der Waals surface area contributed by atoms with E-state index in [-0.39, 0.29) is 18.9 Å². The monoisotopic (exact) mass is 261 g/mol. The molecule has 0 amide bonds. The van der Waals surface area contributed by atoms with Gasteiger partial charge in [0.1, 0.15) is 0 Å². The van der Waals surface area contributed by atoms with Gasteiger partial charge in [-0.2, -0.15) is 0 Å². The molecule has 1 aromatic rings. The van der Waals surface area contributed by atoms with Gasteiger partial charge in [-0.1, -0.05) is 23.2 Å². The van der Waals surface area contributed by atoms with E-state index < -0.39 is 0 Å². The average molecular weight is 262 g/mol. The number of carbonyl (C=O) groups excluding carboxylic acids is 1. The molecule has 0 heterocycles. The van der Waals surface area contributed by atoms with Crippen molar-refractivity contribution in [2.45, 2.75) is 0 Å². The van der Waals surface area contributed by atoms with Crippen molar-refractivity contribution < 1.29 is 9.90 Å². The normalized spacial score (nSPS) is 10.8. The maximum atomic E-state index is 11.8. The lowest BCUT2D eigenvalue weighted by atomic mass is 10.1. The van der Waals surface area contributed by atoms with Gasteiger partial charge in [-0.05, 0) is 25.2 Å². The van der Waals surface area contributed by atoms with Gasteiger partial charge in [-0.25, -0.2) is 0 Å². The van der Waals surface area contributed by atoms with Crippen molar-refractivity contribution in [2.24, 2.45) is 0 Å². The number of carbonyl (C=O) groups is 1. The smallest absolute Gasteiger partial charge is 0.178 e. The van der Waals surface area contributed by atoms with Crippen molar-refractivity contribution in [3.63, 3.8) is 0 Å². The topological polar surface area (TPSA) is 40.5 Å². The second-order valence-corrected chi connectivity index (χ2v) is 4.35. The summed E-state index contributed by atoms with van der Waals surface area (Å²) in [5.74, 6) is -0.0855. The number of hydrogen-bond donors (Lipinski definition) is 1. The highest BCUT2D eigenvalue weighted by atomic mass is 35.5. The van der Waals surface area contributed by atoms with E-state index in [9.17, 15) is 4.79 Å². The molecule has 0 fully saturated rings. The van der Waals surface area contributed by atoms with E-state index in [1.54, 1.807) is 30.1 Å². The zero-order chi connectivity index (χ0) is 12.1. The average Bonchev–Trinajstić information content (AvgIpc) is 2.17. The first-order valence-electron chi connectivity index (χ1n) is 4.82. The number of aliphatic hydroxyl groups is 1. The lowest BCUT2D eigenvalue weighted by Crippen LogP contribution is -2.28. The van der Waals surface area contributed by atoms with Gasteiger partial charge in [0.05, 0.1) is 18.2 Å². The fourth-order valence-electron chi connectivity index (χ4n) is 1.30. The molecule has 0 saturated heterocycles. The fraction of sp³-hybridized carbons (Fsp3) is 0.364. The van der Waals surface area contributed by atoms with Crippen molar-refractivity contribution in [3.05, 3.63) is 33.8 Å². The highest BCUT2D eigenvalue weighted by Gasteiger charge is 2.12. The minimum atomic E-state index is -0.0855. The van der Waals surface area contributed by atoms with E-state index in [4.69, 9.17) is 28.3 Å². The molecule has 1 rings (SSSR count). The Kier molecular flexibility index (Phi) is 5.22. The minimum Gasteiger partial charge on any atom is -0.395 e. The molecule has 0 spiro atoms. The number of aliphatic hydroxyl groups excluding tert-OH is 1. The van der Waals surface area contributed by atoms with E-state index in [1.807, 2.05) is 0 Å². The van der Waals surface area contributed by atoms with Crippen LogP contribution in [0.2, 0.25) is 10.0 Å². The Hall–Kier alpha value is -0.610. The molecule has 16 heavy (non-hydrogen) atoms. The SMILES string of the molecule is CN(CCO)CC(=O)c1ccc(Cl)cc1Cl. The Balaban J connectivity index is 2.73. The standard InChI is InChI=1S/C11H13Cl2NO2/c1-14(4-5-15)7-11(16)9-3-2-8(12)6-10(9)13/h2-3,6,15H,4-5,7H2,1H3. The lowest BCUT2D eigenvalue weighted by molar-refractivity contribution is 0.0936. The largest absolute Gasteiger partial charge is 0.395 e. The van der Waals surface area contributed by atoms with Crippen LogP contribution in [0.5, 0.6) is 0 Å². The number of benzene rings is 1. The molecule has 0 unspecified atom stereocenters. The number of hydrogen-bond acceptors (Lipinski definition) is 3. The summed E-state index contributed by atoms with van der Waals surface area (Å²) in [6, 6.07) is 4.79. The van der Waals surface area contributed by atoms with Crippen LogP contribution in [0.1, 0.15) is 10.4 Å².